The van der Waals surface area contributed by atoms with Crippen LogP contribution < -0.4 is 5.56 Å². The van der Waals surface area contributed by atoms with Gasteiger partial charge in [-0.3, -0.25) is 4.79 Å². The average molecular weight is 405 g/mol. The maximum Gasteiger partial charge on any atom is 0.259 e. The monoisotopic (exact) mass is 405 g/mol. The Kier molecular flexibility index (Phi) is 4.52. The molecular weight excluding hydrogens is 388 g/mol. The van der Waals surface area contributed by atoms with Crippen molar-refractivity contribution in [3.63, 3.8) is 0 Å². The van der Waals surface area contributed by atoms with Crippen molar-refractivity contribution >= 4 is 16.5 Å². The second-order valence-corrected chi connectivity index (χ2v) is 7.03. The van der Waals surface area contributed by atoms with Gasteiger partial charge in [0, 0.05) is 11.8 Å². The molecule has 0 saturated carbocycles. The van der Waals surface area contributed by atoms with Crippen molar-refractivity contribution in [2.45, 2.75) is 6.42 Å². The number of pyridine rings is 1. The quantitative estimate of drug-likeness (QED) is 0.547. The number of H-pyrrole nitrogens is 1. The van der Waals surface area contributed by atoms with Gasteiger partial charge in [-0.05, 0) is 35.8 Å². The van der Waals surface area contributed by atoms with Crippen molar-refractivity contribution in [3.05, 3.63) is 88.4 Å². The summed E-state index contributed by atoms with van der Waals surface area (Å²) in [5.74, 6) is -1.51. The summed E-state index contributed by atoms with van der Waals surface area (Å²) in [6.07, 6.45) is 4.32. The third kappa shape index (κ3) is 3.04. The maximum atomic E-state index is 14.4. The minimum absolute atomic E-state index is 0.276. The highest BCUT2D eigenvalue weighted by Gasteiger charge is 2.20. The molecular formula is C23H17F2N3O2. The van der Waals surface area contributed by atoms with Crippen LogP contribution in [-0.4, -0.2) is 28.0 Å². The lowest BCUT2D eigenvalue weighted by Gasteiger charge is -2.13. The summed E-state index contributed by atoms with van der Waals surface area (Å²) >= 11 is 0. The van der Waals surface area contributed by atoms with Crippen LogP contribution in [0.4, 0.5) is 8.78 Å². The Hall–Kier alpha value is -3.58. The largest absolute Gasteiger partial charge is 0.377 e. The van der Waals surface area contributed by atoms with E-state index in [0.717, 1.165) is 28.8 Å². The zero-order valence-electron chi connectivity index (χ0n) is 15.9. The van der Waals surface area contributed by atoms with Crippen LogP contribution in [-0.2, 0) is 4.74 Å². The Morgan fingerprint density at radius 1 is 1.00 bits per heavy atom. The van der Waals surface area contributed by atoms with Gasteiger partial charge in [0.1, 0.15) is 11.4 Å². The van der Waals surface area contributed by atoms with Crippen molar-refractivity contribution in [2.24, 2.45) is 0 Å². The highest BCUT2D eigenvalue weighted by atomic mass is 19.1. The van der Waals surface area contributed by atoms with Crippen molar-refractivity contribution in [1.29, 1.82) is 0 Å². The summed E-state index contributed by atoms with van der Waals surface area (Å²) in [4.78, 5) is 15.2. The Morgan fingerprint density at radius 3 is 2.43 bits per heavy atom. The lowest BCUT2D eigenvalue weighted by atomic mass is 9.99. The number of aromatic amines is 1. The topological polar surface area (TPSA) is 59.9 Å². The van der Waals surface area contributed by atoms with Crippen LogP contribution in [0.1, 0.15) is 12.0 Å². The van der Waals surface area contributed by atoms with E-state index in [1.807, 2.05) is 30.3 Å². The minimum atomic E-state index is -0.756. The van der Waals surface area contributed by atoms with Gasteiger partial charge in [-0.1, -0.05) is 36.4 Å². The zero-order chi connectivity index (χ0) is 20.7. The molecule has 7 heteroatoms. The predicted octanol–water partition coefficient (Wildman–Crippen LogP) is 4.46. The molecule has 5 rings (SSSR count). The zero-order valence-corrected chi connectivity index (χ0v) is 15.9. The Labute approximate surface area is 170 Å². The molecule has 2 aromatic heterocycles. The third-order valence-corrected chi connectivity index (χ3v) is 5.25. The summed E-state index contributed by atoms with van der Waals surface area (Å²) in [6.45, 7) is 1.28. The SMILES string of the molecule is O=c1[nH]ccc2c1c(-c1ccc(C3=CCOCC3)cc1)nn2-c1c(F)cccc1F. The van der Waals surface area contributed by atoms with Gasteiger partial charge in [0.15, 0.2) is 11.6 Å². The molecule has 1 aliphatic rings. The van der Waals surface area contributed by atoms with E-state index in [1.165, 1.54) is 17.8 Å². The summed E-state index contributed by atoms with van der Waals surface area (Å²) in [7, 11) is 0. The lowest BCUT2D eigenvalue weighted by Crippen LogP contribution is -2.06. The second kappa shape index (κ2) is 7.35. The van der Waals surface area contributed by atoms with E-state index >= 15 is 0 Å². The third-order valence-electron chi connectivity index (χ3n) is 5.25. The summed E-state index contributed by atoms with van der Waals surface area (Å²) < 4.78 is 35.4. The molecule has 1 aliphatic heterocycles. The predicted molar refractivity (Wildman–Crippen MR) is 110 cm³/mol. The van der Waals surface area contributed by atoms with Crippen molar-refractivity contribution in [2.75, 3.05) is 13.2 Å². The van der Waals surface area contributed by atoms with Gasteiger partial charge in [0.05, 0.1) is 24.1 Å². The molecule has 0 bridgehead atoms. The minimum Gasteiger partial charge on any atom is -0.377 e. The standard InChI is InChI=1S/C23H17F2N3O2/c24-17-2-1-3-18(25)22(17)28-19-8-11-26-23(29)20(19)21(27-28)16-6-4-14(5-7-16)15-9-12-30-13-10-15/h1-9,11H,10,12-13H2,(H,26,29). The van der Waals surface area contributed by atoms with Gasteiger partial charge in [-0.25, -0.2) is 13.5 Å². The van der Waals surface area contributed by atoms with Crippen molar-refractivity contribution in [3.8, 4) is 16.9 Å². The Balaban J connectivity index is 1.69. The summed E-state index contributed by atoms with van der Waals surface area (Å²) in [5, 5.41) is 4.71. The molecule has 2 aromatic carbocycles. The van der Waals surface area contributed by atoms with Gasteiger partial charge in [-0.15, -0.1) is 0 Å². The summed E-state index contributed by atoms with van der Waals surface area (Å²) in [5.41, 5.74) is 2.96. The fraction of sp³-hybridized carbons (Fsp3) is 0.130. The molecule has 0 atom stereocenters. The van der Waals surface area contributed by atoms with Crippen molar-refractivity contribution in [1.82, 2.24) is 14.8 Å². The fourth-order valence-corrected chi connectivity index (χ4v) is 3.77. The fourth-order valence-electron chi connectivity index (χ4n) is 3.77. The van der Waals surface area contributed by atoms with Gasteiger partial charge < -0.3 is 9.72 Å². The molecule has 0 spiro atoms. The number of halogens is 2. The first-order valence-corrected chi connectivity index (χ1v) is 9.56. The van der Waals surface area contributed by atoms with Crippen LogP contribution in [0.15, 0.2) is 65.6 Å². The van der Waals surface area contributed by atoms with E-state index in [-0.39, 0.29) is 16.6 Å². The Morgan fingerprint density at radius 2 is 1.73 bits per heavy atom. The average Bonchev–Trinajstić information content (AvgIpc) is 3.15. The normalized spacial score (nSPS) is 14.1. The molecule has 0 unspecified atom stereocenters. The number of nitrogens with one attached hydrogen (secondary N) is 1. The van der Waals surface area contributed by atoms with Gasteiger partial charge in [0.25, 0.3) is 5.56 Å². The van der Waals surface area contributed by atoms with Gasteiger partial charge >= 0.3 is 0 Å². The van der Waals surface area contributed by atoms with Crippen LogP contribution in [0.25, 0.3) is 33.4 Å². The number of nitrogens with zero attached hydrogens (tertiary/aromatic N) is 2. The molecule has 4 aromatic rings. The summed E-state index contributed by atoms with van der Waals surface area (Å²) in [6, 6.07) is 12.8. The number of hydrogen-bond donors (Lipinski definition) is 1. The van der Waals surface area contributed by atoms with Crippen LogP contribution >= 0.6 is 0 Å². The highest BCUT2D eigenvalue weighted by molar-refractivity contribution is 5.93. The van der Waals surface area contributed by atoms with Crippen molar-refractivity contribution < 1.29 is 13.5 Å². The van der Waals surface area contributed by atoms with Crippen LogP contribution in [0.2, 0.25) is 0 Å². The van der Waals surface area contributed by atoms with E-state index in [9.17, 15) is 13.6 Å². The number of ether oxygens (including phenoxy) is 1. The van der Waals surface area contributed by atoms with Crippen LogP contribution in [0, 0.1) is 11.6 Å². The Bertz CT molecular complexity index is 1320. The smallest absolute Gasteiger partial charge is 0.259 e. The first-order chi connectivity index (χ1) is 14.6. The van der Waals surface area contributed by atoms with Gasteiger partial charge in [-0.2, -0.15) is 5.10 Å². The number of hydrogen-bond acceptors (Lipinski definition) is 3. The van der Waals surface area contributed by atoms with Crippen LogP contribution in [0.5, 0.6) is 0 Å². The van der Waals surface area contributed by atoms with E-state index in [4.69, 9.17) is 4.74 Å². The number of rotatable bonds is 3. The van der Waals surface area contributed by atoms with Gasteiger partial charge in [0.2, 0.25) is 0 Å². The number of para-hydroxylation sites is 1. The highest BCUT2D eigenvalue weighted by Crippen LogP contribution is 2.30. The number of aromatic nitrogens is 3. The van der Waals surface area contributed by atoms with E-state index < -0.39 is 11.6 Å². The second-order valence-electron chi connectivity index (χ2n) is 7.03. The molecule has 0 amide bonds. The molecule has 3 heterocycles. The number of benzene rings is 2. The first-order valence-electron chi connectivity index (χ1n) is 9.56. The van der Waals surface area contributed by atoms with Crippen LogP contribution in [0.3, 0.4) is 0 Å². The molecule has 0 saturated heterocycles. The molecule has 30 heavy (non-hydrogen) atoms. The first kappa shape index (κ1) is 18.4. The molecule has 5 nitrogen and oxygen atoms in total. The molecule has 0 aliphatic carbocycles. The van der Waals surface area contributed by atoms with E-state index in [0.29, 0.717) is 30.0 Å². The van der Waals surface area contributed by atoms with E-state index in [1.54, 1.807) is 6.07 Å². The molecule has 0 radical (unpaired) electrons. The molecule has 150 valence electrons. The maximum absolute atomic E-state index is 14.4. The molecule has 0 fully saturated rings. The molecule has 1 N–H and O–H groups in total. The lowest BCUT2D eigenvalue weighted by molar-refractivity contribution is 0.161. The number of fused-ring (bicyclic) bond motifs is 1. The van der Waals surface area contributed by atoms with E-state index in [2.05, 4.69) is 10.1 Å².